The number of likely N-dealkylation sites (tertiary alicyclic amines) is 1. The van der Waals surface area contributed by atoms with Crippen molar-refractivity contribution in [3.05, 3.63) is 35.9 Å². The van der Waals surface area contributed by atoms with Crippen LogP contribution in [-0.4, -0.2) is 47.8 Å². The van der Waals surface area contributed by atoms with Gasteiger partial charge in [-0.1, -0.05) is 31.5 Å². The topological polar surface area (TPSA) is 78.5 Å². The number of piperidine rings is 1. The van der Waals surface area contributed by atoms with Gasteiger partial charge in [0.15, 0.2) is 0 Å². The molecule has 6 heteroatoms. The lowest BCUT2D eigenvalue weighted by atomic mass is 9.99. The molecule has 1 saturated heterocycles. The summed E-state index contributed by atoms with van der Waals surface area (Å²) in [5.41, 5.74) is 0.473. The molecule has 2 aliphatic carbocycles. The molecule has 1 aromatic rings. The van der Waals surface area contributed by atoms with E-state index in [-0.39, 0.29) is 23.3 Å². The van der Waals surface area contributed by atoms with Crippen LogP contribution >= 0.6 is 0 Å². The highest BCUT2D eigenvalue weighted by Gasteiger charge is 2.60. The smallest absolute Gasteiger partial charge is 0.251 e. The van der Waals surface area contributed by atoms with Gasteiger partial charge in [0.2, 0.25) is 11.8 Å². The summed E-state index contributed by atoms with van der Waals surface area (Å²) in [4.78, 5) is 39.4. The Morgan fingerprint density at radius 2 is 1.79 bits per heavy atom. The number of carbonyl (C=O) groups is 3. The Labute approximate surface area is 166 Å². The molecule has 2 saturated carbocycles. The first-order valence-electron chi connectivity index (χ1n) is 10.4. The summed E-state index contributed by atoms with van der Waals surface area (Å²) in [6.45, 7) is 5.35. The van der Waals surface area contributed by atoms with E-state index in [1.54, 1.807) is 31.2 Å². The first kappa shape index (κ1) is 19.0. The highest BCUT2D eigenvalue weighted by molar-refractivity contribution is 5.97. The van der Waals surface area contributed by atoms with Crippen molar-refractivity contribution in [3.63, 3.8) is 0 Å². The number of nitrogens with one attached hydrogen (secondary N) is 2. The second kappa shape index (κ2) is 7.22. The van der Waals surface area contributed by atoms with Crippen LogP contribution in [0.2, 0.25) is 0 Å². The average Bonchev–Trinajstić information content (AvgIpc) is 3.56. The van der Waals surface area contributed by atoms with E-state index in [1.165, 1.54) is 0 Å². The van der Waals surface area contributed by atoms with Crippen LogP contribution in [0, 0.1) is 17.3 Å². The van der Waals surface area contributed by atoms with Crippen LogP contribution in [0.1, 0.15) is 49.9 Å². The van der Waals surface area contributed by atoms with E-state index in [1.807, 2.05) is 11.0 Å². The Hall–Kier alpha value is -2.37. The molecule has 2 unspecified atom stereocenters. The summed E-state index contributed by atoms with van der Waals surface area (Å²) in [6, 6.07) is 8.43. The lowest BCUT2D eigenvalue weighted by molar-refractivity contribution is -0.136. The number of benzene rings is 1. The molecular weight excluding hydrogens is 354 g/mol. The second-order valence-corrected chi connectivity index (χ2v) is 8.66. The van der Waals surface area contributed by atoms with Crippen molar-refractivity contribution in [3.8, 4) is 0 Å². The molecule has 4 rings (SSSR count). The normalized spacial score (nSPS) is 27.5. The second-order valence-electron chi connectivity index (χ2n) is 8.66. The van der Waals surface area contributed by atoms with Crippen molar-refractivity contribution < 1.29 is 14.4 Å². The summed E-state index contributed by atoms with van der Waals surface area (Å²) < 4.78 is 0. The molecule has 3 amide bonds. The molecular formula is C22H29N3O3. The Balaban J connectivity index is 1.23. The van der Waals surface area contributed by atoms with Gasteiger partial charge < -0.3 is 15.5 Å². The fraction of sp³-hybridized carbons (Fsp3) is 0.591. The van der Waals surface area contributed by atoms with Gasteiger partial charge in [0.05, 0.1) is 0 Å². The van der Waals surface area contributed by atoms with Crippen LogP contribution in [0.5, 0.6) is 0 Å². The van der Waals surface area contributed by atoms with Gasteiger partial charge in [-0.05, 0) is 38.3 Å². The minimum absolute atomic E-state index is 0.0689. The predicted octanol–water partition coefficient (Wildman–Crippen LogP) is 1.96. The van der Waals surface area contributed by atoms with Crippen molar-refractivity contribution >= 4 is 17.7 Å². The lowest BCUT2D eigenvalue weighted by Gasteiger charge is -2.25. The van der Waals surface area contributed by atoms with E-state index in [4.69, 9.17) is 0 Å². The lowest BCUT2D eigenvalue weighted by Crippen LogP contribution is -2.47. The van der Waals surface area contributed by atoms with Gasteiger partial charge in [0.25, 0.3) is 5.91 Å². The molecule has 2 N–H and O–H groups in total. The zero-order valence-corrected chi connectivity index (χ0v) is 16.6. The summed E-state index contributed by atoms with van der Waals surface area (Å²) in [7, 11) is 0. The molecule has 0 aromatic heterocycles. The molecule has 1 heterocycles. The summed E-state index contributed by atoms with van der Waals surface area (Å²) >= 11 is 0. The number of fused-ring (bicyclic) bond motifs is 1. The maximum Gasteiger partial charge on any atom is 0.251 e. The number of rotatable bonds is 7. The number of amides is 3. The van der Waals surface area contributed by atoms with E-state index in [0.29, 0.717) is 23.3 Å². The van der Waals surface area contributed by atoms with Crippen LogP contribution in [0.3, 0.4) is 0 Å². The van der Waals surface area contributed by atoms with Crippen molar-refractivity contribution in [1.29, 1.82) is 0 Å². The third kappa shape index (κ3) is 3.52. The van der Waals surface area contributed by atoms with Gasteiger partial charge >= 0.3 is 0 Å². The van der Waals surface area contributed by atoms with Crippen molar-refractivity contribution in [2.75, 3.05) is 13.1 Å². The zero-order chi connectivity index (χ0) is 19.9. The molecule has 4 atom stereocenters. The van der Waals surface area contributed by atoms with Crippen molar-refractivity contribution in [1.82, 2.24) is 15.5 Å². The predicted molar refractivity (Wildman–Crippen MR) is 105 cm³/mol. The molecule has 6 nitrogen and oxygen atoms in total. The fourth-order valence-corrected chi connectivity index (χ4v) is 4.67. The molecule has 1 aliphatic heterocycles. The van der Waals surface area contributed by atoms with Crippen LogP contribution < -0.4 is 10.6 Å². The highest BCUT2D eigenvalue weighted by Crippen LogP contribution is 2.54. The first-order valence-corrected chi connectivity index (χ1v) is 10.4. The number of carbonyl (C=O) groups excluding carboxylic acids is 3. The highest BCUT2D eigenvalue weighted by atomic mass is 16.2. The van der Waals surface area contributed by atoms with Gasteiger partial charge in [0.1, 0.15) is 6.04 Å². The summed E-state index contributed by atoms with van der Waals surface area (Å²) in [6.07, 6.45) is 4.11. The van der Waals surface area contributed by atoms with Gasteiger partial charge in [0, 0.05) is 41.9 Å². The van der Waals surface area contributed by atoms with Crippen LogP contribution in [0.15, 0.2) is 30.3 Å². The van der Waals surface area contributed by atoms with E-state index < -0.39 is 6.04 Å². The molecule has 0 radical (unpaired) electrons. The Bertz CT molecular complexity index is 762. The Morgan fingerprint density at radius 3 is 2.36 bits per heavy atom. The third-order valence-electron chi connectivity index (χ3n) is 6.60. The van der Waals surface area contributed by atoms with Gasteiger partial charge in [-0.15, -0.1) is 0 Å². The minimum Gasteiger partial charge on any atom is -0.351 e. The van der Waals surface area contributed by atoms with E-state index in [0.717, 1.165) is 38.8 Å². The quantitative estimate of drug-likeness (QED) is 0.755. The summed E-state index contributed by atoms with van der Waals surface area (Å²) in [5.74, 6) is 0.646. The Kier molecular flexibility index (Phi) is 4.89. The van der Waals surface area contributed by atoms with Crippen molar-refractivity contribution in [2.24, 2.45) is 17.3 Å². The average molecular weight is 383 g/mol. The van der Waals surface area contributed by atoms with E-state index in [2.05, 4.69) is 17.6 Å². The zero-order valence-electron chi connectivity index (χ0n) is 16.6. The third-order valence-corrected chi connectivity index (χ3v) is 6.60. The molecule has 0 bridgehead atoms. The van der Waals surface area contributed by atoms with E-state index >= 15 is 0 Å². The summed E-state index contributed by atoms with van der Waals surface area (Å²) in [5, 5.41) is 5.81. The molecule has 28 heavy (non-hydrogen) atoms. The monoisotopic (exact) mass is 383 g/mol. The number of hydrogen-bond acceptors (Lipinski definition) is 3. The maximum absolute atomic E-state index is 12.8. The van der Waals surface area contributed by atoms with Gasteiger partial charge in [-0.3, -0.25) is 14.4 Å². The maximum atomic E-state index is 12.8. The van der Waals surface area contributed by atoms with Crippen LogP contribution in [0.4, 0.5) is 0 Å². The van der Waals surface area contributed by atoms with Crippen molar-refractivity contribution in [2.45, 2.75) is 51.6 Å². The number of nitrogens with zero attached hydrogens (tertiary/aromatic N) is 1. The van der Waals surface area contributed by atoms with Gasteiger partial charge in [-0.2, -0.15) is 0 Å². The molecule has 0 spiro atoms. The fourth-order valence-electron chi connectivity index (χ4n) is 4.67. The van der Waals surface area contributed by atoms with Gasteiger partial charge in [-0.25, -0.2) is 0 Å². The molecule has 3 fully saturated rings. The largest absolute Gasteiger partial charge is 0.351 e. The van der Waals surface area contributed by atoms with Crippen LogP contribution in [-0.2, 0) is 9.59 Å². The molecule has 150 valence electrons. The van der Waals surface area contributed by atoms with E-state index in [9.17, 15) is 14.4 Å². The molecule has 3 aliphatic rings. The Morgan fingerprint density at radius 1 is 1.14 bits per heavy atom. The molecule has 1 aromatic carbocycles. The van der Waals surface area contributed by atoms with Crippen LogP contribution in [0.25, 0.3) is 0 Å². The minimum atomic E-state index is -0.592. The standard InChI is InChI=1S/C22H29N3O3/c1-3-9-22(10-11-22)21(28)25-12-16-17(13-25)18(16)24-19(26)14(2)23-20(27)15-7-5-4-6-8-15/h4-8,14,16-18H,3,9-13H2,1-2H3,(H,23,27)(H,24,26)/t14?,16-,17+,18?. The first-order chi connectivity index (χ1) is 13.4. The SMILES string of the molecule is CCCC1(C(=O)N2C[C@@H]3C(NC(=O)C(C)NC(=O)c4ccccc4)[C@@H]3C2)CC1. The number of hydrogen-bond donors (Lipinski definition) is 2.